The van der Waals surface area contributed by atoms with Gasteiger partial charge in [-0.2, -0.15) is 0 Å². The minimum absolute atomic E-state index is 0.200. The lowest BCUT2D eigenvalue weighted by Crippen LogP contribution is -2.30. The van der Waals surface area contributed by atoms with E-state index in [2.05, 4.69) is 59.5 Å². The van der Waals surface area contributed by atoms with E-state index in [9.17, 15) is 0 Å². The fraction of sp³-hybridized carbons (Fsp3) is 0.208. The molecule has 0 aliphatic rings. The third-order valence-electron chi connectivity index (χ3n) is 4.20. The van der Waals surface area contributed by atoms with Crippen molar-refractivity contribution in [1.29, 1.82) is 0 Å². The second-order valence-electron chi connectivity index (χ2n) is 7.94. The smallest absolute Gasteiger partial charge is 0.129 e. The zero-order valence-corrected chi connectivity index (χ0v) is 20.2. The van der Waals surface area contributed by atoms with Gasteiger partial charge in [0.2, 0.25) is 0 Å². The van der Waals surface area contributed by atoms with E-state index in [-0.39, 0.29) is 11.6 Å². The lowest BCUT2D eigenvalue weighted by molar-refractivity contribution is 0.580. The van der Waals surface area contributed by atoms with Gasteiger partial charge in [0.15, 0.2) is 0 Å². The van der Waals surface area contributed by atoms with Gasteiger partial charge in [0.25, 0.3) is 0 Å². The van der Waals surface area contributed by atoms with Crippen molar-refractivity contribution in [2.45, 2.75) is 32.4 Å². The first kappa shape index (κ1) is 22.7. The highest BCUT2D eigenvalue weighted by Crippen LogP contribution is 2.27. The second kappa shape index (κ2) is 9.86. The van der Waals surface area contributed by atoms with Gasteiger partial charge in [-0.3, -0.25) is 4.99 Å². The van der Waals surface area contributed by atoms with E-state index in [1.165, 1.54) is 0 Å². The van der Waals surface area contributed by atoms with E-state index in [1.807, 2.05) is 60.7 Å². The number of amidine groups is 1. The molecule has 1 atom stereocenters. The molecule has 30 heavy (non-hydrogen) atoms. The molecular weight excluding hydrogens is 481 g/mol. The van der Waals surface area contributed by atoms with Gasteiger partial charge in [-0.25, -0.2) is 0 Å². The fourth-order valence-corrected chi connectivity index (χ4v) is 3.40. The molecule has 0 aromatic heterocycles. The van der Waals surface area contributed by atoms with Gasteiger partial charge < -0.3 is 10.6 Å². The van der Waals surface area contributed by atoms with Gasteiger partial charge in [0, 0.05) is 25.9 Å². The standard InChI is InChI=1S/C24H24BrCl2N3/c1-24(2,3)30-23(29-21-14-10-19(27)11-15-21)22(16-4-6-17(25)7-5-16)28-20-12-8-18(26)9-13-20/h4-15,22,28H,1-3H3,(H,29,30)/t22-/m1/s1. The summed E-state index contributed by atoms with van der Waals surface area (Å²) >= 11 is 15.7. The van der Waals surface area contributed by atoms with E-state index in [4.69, 9.17) is 28.2 Å². The average molecular weight is 505 g/mol. The normalized spacial score (nSPS) is 13.1. The lowest BCUT2D eigenvalue weighted by atomic mass is 10.0. The molecule has 0 aliphatic carbocycles. The third kappa shape index (κ3) is 6.76. The van der Waals surface area contributed by atoms with Crippen LogP contribution in [0.5, 0.6) is 0 Å². The topological polar surface area (TPSA) is 36.4 Å². The summed E-state index contributed by atoms with van der Waals surface area (Å²) in [5.74, 6) is 0.807. The molecule has 0 fully saturated rings. The van der Waals surface area contributed by atoms with Crippen molar-refractivity contribution >= 4 is 56.3 Å². The van der Waals surface area contributed by atoms with Crippen LogP contribution in [0.15, 0.2) is 82.3 Å². The van der Waals surface area contributed by atoms with Crippen LogP contribution in [-0.2, 0) is 0 Å². The Balaban J connectivity index is 2.04. The summed E-state index contributed by atoms with van der Waals surface area (Å²) in [6.45, 7) is 6.24. The van der Waals surface area contributed by atoms with E-state index in [0.29, 0.717) is 10.0 Å². The van der Waals surface area contributed by atoms with E-state index >= 15 is 0 Å². The van der Waals surface area contributed by atoms with E-state index < -0.39 is 0 Å². The van der Waals surface area contributed by atoms with Gasteiger partial charge in [0.05, 0.1) is 5.54 Å². The molecule has 0 aliphatic heterocycles. The zero-order valence-electron chi connectivity index (χ0n) is 17.1. The number of nitrogens with one attached hydrogen (secondary N) is 2. The third-order valence-corrected chi connectivity index (χ3v) is 5.24. The van der Waals surface area contributed by atoms with Crippen molar-refractivity contribution < 1.29 is 0 Å². The molecule has 0 radical (unpaired) electrons. The quantitative estimate of drug-likeness (QED) is 0.271. The van der Waals surface area contributed by atoms with Crippen LogP contribution < -0.4 is 10.6 Å². The molecule has 156 valence electrons. The van der Waals surface area contributed by atoms with Crippen LogP contribution in [-0.4, -0.2) is 11.4 Å². The summed E-state index contributed by atoms with van der Waals surface area (Å²) in [6.07, 6.45) is 0. The van der Waals surface area contributed by atoms with Crippen LogP contribution in [0.3, 0.4) is 0 Å². The van der Waals surface area contributed by atoms with Crippen LogP contribution in [0.4, 0.5) is 11.4 Å². The molecule has 0 unspecified atom stereocenters. The second-order valence-corrected chi connectivity index (χ2v) is 9.72. The van der Waals surface area contributed by atoms with Crippen molar-refractivity contribution in [2.75, 3.05) is 10.6 Å². The van der Waals surface area contributed by atoms with Gasteiger partial charge >= 0.3 is 0 Å². The van der Waals surface area contributed by atoms with Gasteiger partial charge in [-0.05, 0) is 87.0 Å². The predicted octanol–water partition coefficient (Wildman–Crippen LogP) is 8.22. The highest BCUT2D eigenvalue weighted by Gasteiger charge is 2.22. The summed E-state index contributed by atoms with van der Waals surface area (Å²) in [6, 6.07) is 23.3. The Labute approximate surface area is 196 Å². The zero-order chi connectivity index (χ0) is 21.7. The molecule has 0 saturated carbocycles. The molecule has 3 aromatic rings. The maximum absolute atomic E-state index is 6.07. The summed E-state index contributed by atoms with van der Waals surface area (Å²) in [4.78, 5) is 5.01. The highest BCUT2D eigenvalue weighted by molar-refractivity contribution is 9.10. The van der Waals surface area contributed by atoms with Crippen molar-refractivity contribution in [3.63, 3.8) is 0 Å². The Morgan fingerprint density at radius 1 is 0.800 bits per heavy atom. The van der Waals surface area contributed by atoms with Crippen LogP contribution in [0.1, 0.15) is 32.4 Å². The van der Waals surface area contributed by atoms with Crippen molar-refractivity contribution in [2.24, 2.45) is 4.99 Å². The first-order valence-electron chi connectivity index (χ1n) is 9.59. The monoisotopic (exact) mass is 503 g/mol. The van der Waals surface area contributed by atoms with Crippen LogP contribution >= 0.6 is 39.1 Å². The molecule has 3 aromatic carbocycles. The number of halogens is 3. The molecule has 3 nitrogen and oxygen atoms in total. The summed E-state index contributed by atoms with van der Waals surface area (Å²) < 4.78 is 1.02. The largest absolute Gasteiger partial charge is 0.372 e. The number of benzene rings is 3. The Morgan fingerprint density at radius 2 is 1.30 bits per heavy atom. The summed E-state index contributed by atoms with van der Waals surface area (Å²) in [7, 11) is 0. The maximum Gasteiger partial charge on any atom is 0.129 e. The summed E-state index contributed by atoms with van der Waals surface area (Å²) in [5, 5.41) is 8.49. The van der Waals surface area contributed by atoms with Crippen molar-refractivity contribution in [1.82, 2.24) is 0 Å². The summed E-state index contributed by atoms with van der Waals surface area (Å²) in [5.41, 5.74) is 2.68. The Bertz CT molecular complexity index is 993. The number of aliphatic imine (C=N–C) groups is 1. The van der Waals surface area contributed by atoms with Crippen molar-refractivity contribution in [3.05, 3.63) is 92.9 Å². The number of hydrogen-bond donors (Lipinski definition) is 2. The molecule has 0 bridgehead atoms. The van der Waals surface area contributed by atoms with Gasteiger partial charge in [0.1, 0.15) is 11.9 Å². The minimum Gasteiger partial charge on any atom is -0.372 e. The molecular formula is C24H24BrCl2N3. The van der Waals surface area contributed by atoms with Gasteiger partial charge in [-0.15, -0.1) is 0 Å². The molecule has 6 heteroatoms. The molecule has 0 spiro atoms. The van der Waals surface area contributed by atoms with Crippen LogP contribution in [0.2, 0.25) is 10.0 Å². The minimum atomic E-state index is -0.274. The van der Waals surface area contributed by atoms with E-state index in [0.717, 1.165) is 27.2 Å². The number of anilines is 2. The lowest BCUT2D eigenvalue weighted by Gasteiger charge is -2.26. The van der Waals surface area contributed by atoms with Crippen LogP contribution in [0, 0.1) is 0 Å². The number of hydrogen-bond acceptors (Lipinski definition) is 2. The maximum atomic E-state index is 6.07. The van der Waals surface area contributed by atoms with Gasteiger partial charge in [-0.1, -0.05) is 51.3 Å². The fourth-order valence-electron chi connectivity index (χ4n) is 2.88. The van der Waals surface area contributed by atoms with Crippen molar-refractivity contribution in [3.8, 4) is 0 Å². The first-order valence-corrected chi connectivity index (χ1v) is 11.1. The molecule has 0 amide bonds. The number of nitrogens with zero attached hydrogens (tertiary/aromatic N) is 1. The predicted molar refractivity (Wildman–Crippen MR) is 134 cm³/mol. The average Bonchev–Trinajstić information content (AvgIpc) is 2.69. The molecule has 0 heterocycles. The molecule has 2 N–H and O–H groups in total. The SMILES string of the molecule is CC(C)(C)N=C(Nc1ccc(Cl)cc1)[C@H](Nc1ccc(Cl)cc1)c1ccc(Br)cc1. The Kier molecular flexibility index (Phi) is 7.45. The molecule has 0 saturated heterocycles. The van der Waals surface area contributed by atoms with Crippen LogP contribution in [0.25, 0.3) is 0 Å². The number of rotatable bonds is 5. The Morgan fingerprint density at radius 3 is 1.80 bits per heavy atom. The first-order chi connectivity index (χ1) is 14.2. The van der Waals surface area contributed by atoms with E-state index in [1.54, 1.807) is 0 Å². The molecule has 3 rings (SSSR count). The Hall–Kier alpha value is -2.01. The highest BCUT2D eigenvalue weighted by atomic mass is 79.9.